The molecule has 0 saturated carbocycles. The number of hydrogen-bond donors (Lipinski definition) is 0. The van der Waals surface area contributed by atoms with Crippen molar-refractivity contribution in [3.05, 3.63) is 168 Å². The molecular formula is C66H68O4. The molecule has 0 fully saturated rings. The van der Waals surface area contributed by atoms with Gasteiger partial charge in [-0.2, -0.15) is 0 Å². The number of ether oxygens (including phenoxy) is 4. The molecule has 2 aliphatic rings. The quantitative estimate of drug-likeness (QED) is 0.0386. The predicted octanol–water partition coefficient (Wildman–Crippen LogP) is 16.9. The van der Waals surface area contributed by atoms with Crippen molar-refractivity contribution in [2.45, 2.75) is 87.9 Å². The van der Waals surface area contributed by atoms with Gasteiger partial charge in [0.1, 0.15) is 0 Å². The van der Waals surface area contributed by atoms with Crippen LogP contribution >= 0.6 is 0 Å². The number of rotatable bonds is 22. The predicted molar refractivity (Wildman–Crippen MR) is 294 cm³/mol. The van der Waals surface area contributed by atoms with Crippen molar-refractivity contribution in [3.8, 4) is 44.5 Å². The maximum absolute atomic E-state index is 5.55. The Bertz CT molecular complexity index is 3040. The molecular weight excluding hydrogens is 857 g/mol. The normalized spacial score (nSPS) is 14.2. The van der Waals surface area contributed by atoms with E-state index in [1.807, 2.05) is 28.4 Å². The lowest BCUT2D eigenvalue weighted by Gasteiger charge is -2.33. The first-order valence-corrected chi connectivity index (χ1v) is 26.2. The Kier molecular flexibility index (Phi) is 13.3. The Balaban J connectivity index is 1.07. The molecule has 9 aromatic carbocycles. The molecule has 0 amide bonds. The molecule has 0 atom stereocenters. The number of fused-ring (bicyclic) bond motifs is 8. The molecule has 0 bridgehead atoms. The Hall–Kier alpha value is -5.88. The lowest BCUT2D eigenvalue weighted by atomic mass is 9.70. The number of benzene rings is 9. The van der Waals surface area contributed by atoms with Crippen LogP contribution in [0.3, 0.4) is 0 Å². The Morgan fingerprint density at radius 2 is 0.586 bits per heavy atom. The summed E-state index contributed by atoms with van der Waals surface area (Å²) in [4.78, 5) is 0. The van der Waals surface area contributed by atoms with Gasteiger partial charge in [0, 0.05) is 65.7 Å². The fourth-order valence-electron chi connectivity index (χ4n) is 13.7. The summed E-state index contributed by atoms with van der Waals surface area (Å²) in [7, 11) is 7.28. The van der Waals surface area contributed by atoms with Crippen LogP contribution in [0.4, 0.5) is 0 Å². The molecule has 0 unspecified atom stereocenters. The van der Waals surface area contributed by atoms with E-state index in [1.54, 1.807) is 0 Å². The van der Waals surface area contributed by atoms with E-state index in [-0.39, 0.29) is 10.8 Å². The van der Waals surface area contributed by atoms with Gasteiger partial charge in [-0.15, -0.1) is 0 Å². The first-order chi connectivity index (χ1) is 34.6. The third-order valence-corrected chi connectivity index (χ3v) is 16.6. The van der Waals surface area contributed by atoms with Gasteiger partial charge in [-0.25, -0.2) is 0 Å². The van der Waals surface area contributed by atoms with Gasteiger partial charge in [0.2, 0.25) is 0 Å². The summed E-state index contributed by atoms with van der Waals surface area (Å²) >= 11 is 0. The molecule has 0 saturated heterocycles. The molecule has 4 heteroatoms. The van der Waals surface area contributed by atoms with Crippen molar-refractivity contribution in [3.63, 3.8) is 0 Å². The van der Waals surface area contributed by atoms with Gasteiger partial charge in [0.25, 0.3) is 0 Å². The largest absolute Gasteiger partial charge is 0.385 e. The molecule has 0 radical (unpaired) electrons. The van der Waals surface area contributed by atoms with Crippen LogP contribution in [-0.2, 0) is 29.8 Å². The van der Waals surface area contributed by atoms with E-state index in [1.165, 1.54) is 110 Å². The lowest BCUT2D eigenvalue weighted by molar-refractivity contribution is 0.185. The Labute approximate surface area is 415 Å². The van der Waals surface area contributed by atoms with Crippen LogP contribution in [0.25, 0.3) is 87.6 Å². The molecule has 0 N–H and O–H groups in total. The molecule has 70 heavy (non-hydrogen) atoms. The minimum atomic E-state index is -0.0569. The van der Waals surface area contributed by atoms with Crippen LogP contribution in [0.2, 0.25) is 0 Å². The molecule has 0 spiro atoms. The first-order valence-electron chi connectivity index (χ1n) is 26.2. The molecule has 9 aromatic rings. The number of methoxy groups -OCH3 is 4. The topological polar surface area (TPSA) is 36.9 Å². The van der Waals surface area contributed by atoms with E-state index in [4.69, 9.17) is 18.9 Å². The Morgan fingerprint density at radius 3 is 0.971 bits per heavy atom. The van der Waals surface area contributed by atoms with E-state index in [9.17, 15) is 0 Å². The number of hydrogen-bond acceptors (Lipinski definition) is 4. The van der Waals surface area contributed by atoms with Crippen LogP contribution in [0, 0.1) is 0 Å². The zero-order chi connectivity index (χ0) is 47.7. The van der Waals surface area contributed by atoms with Gasteiger partial charge in [0.15, 0.2) is 0 Å². The van der Waals surface area contributed by atoms with Gasteiger partial charge >= 0.3 is 0 Å². The second-order valence-electron chi connectivity index (χ2n) is 20.3. The van der Waals surface area contributed by atoms with Gasteiger partial charge in [-0.3, -0.25) is 0 Å². The summed E-state index contributed by atoms with van der Waals surface area (Å²) in [6.45, 7) is 3.18. The second kappa shape index (κ2) is 20.1. The standard InChI is InChI=1S/C66H68O4/c1-67-41-13-9-37-65(38-10-14-42-68-2)57-29-7-5-21-55(57)63-49(27-19-31-59(63)65)45-33-35-53-52-26-18-24-48-46(34-36-54(62(48)52)51-25-17-23-47(45)61(51)53)50-28-20-32-60-64(50)56-22-6-8-30-58(56)66(60,39-11-15-43-69-3)40-12-16-44-70-4/h5-8,17-36H,9-16,37-44H2,1-4H3. The minimum absolute atomic E-state index is 0.0569. The fourth-order valence-corrected chi connectivity index (χ4v) is 13.7. The molecule has 356 valence electrons. The van der Waals surface area contributed by atoms with Crippen molar-refractivity contribution in [2.75, 3.05) is 54.9 Å². The van der Waals surface area contributed by atoms with Crippen LogP contribution in [0.1, 0.15) is 99.3 Å². The summed E-state index contributed by atoms with van der Waals surface area (Å²) in [5, 5.41) is 10.6. The highest BCUT2D eigenvalue weighted by Gasteiger charge is 2.45. The Morgan fingerprint density at radius 1 is 0.271 bits per heavy atom. The molecule has 0 heterocycles. The molecule has 11 rings (SSSR count). The van der Waals surface area contributed by atoms with Gasteiger partial charge in [-0.1, -0.05) is 146 Å². The van der Waals surface area contributed by atoms with Gasteiger partial charge < -0.3 is 18.9 Å². The van der Waals surface area contributed by atoms with Crippen molar-refractivity contribution < 1.29 is 18.9 Å². The van der Waals surface area contributed by atoms with Crippen molar-refractivity contribution in [1.29, 1.82) is 0 Å². The van der Waals surface area contributed by atoms with E-state index in [0.717, 1.165) is 103 Å². The van der Waals surface area contributed by atoms with Gasteiger partial charge in [-0.05, 0) is 187 Å². The SMILES string of the molecule is COCCCCC1(CCCCOC)c2ccccc2-c2c(-c3ccc4c5cccc6c(-c7cccc8c7-c7ccccc7C8(CCCCOC)CCCCOC)ccc(c7cccc3c74)c65)cccc21. The van der Waals surface area contributed by atoms with E-state index >= 15 is 0 Å². The van der Waals surface area contributed by atoms with Crippen LogP contribution in [0.15, 0.2) is 146 Å². The fraction of sp³-hybridized carbons (Fsp3) is 0.333. The van der Waals surface area contributed by atoms with E-state index < -0.39 is 0 Å². The summed E-state index contributed by atoms with van der Waals surface area (Å²) in [5.74, 6) is 0. The third kappa shape index (κ3) is 7.65. The molecule has 4 nitrogen and oxygen atoms in total. The summed E-state index contributed by atoms with van der Waals surface area (Å²) in [5.41, 5.74) is 16.7. The summed E-state index contributed by atoms with van der Waals surface area (Å²) in [6.07, 6.45) is 13.1. The maximum atomic E-state index is 5.55. The van der Waals surface area contributed by atoms with Crippen molar-refractivity contribution in [1.82, 2.24) is 0 Å². The number of unbranched alkanes of at least 4 members (excludes halogenated alkanes) is 4. The molecule has 0 aliphatic heterocycles. The minimum Gasteiger partial charge on any atom is -0.385 e. The first kappa shape index (κ1) is 46.5. The maximum Gasteiger partial charge on any atom is 0.0462 e. The second-order valence-corrected chi connectivity index (χ2v) is 20.3. The summed E-state index contributed by atoms with van der Waals surface area (Å²) in [6, 6.07) is 56.7. The van der Waals surface area contributed by atoms with Crippen molar-refractivity contribution >= 4 is 43.1 Å². The van der Waals surface area contributed by atoms with Crippen LogP contribution in [0.5, 0.6) is 0 Å². The highest BCUT2D eigenvalue weighted by atomic mass is 16.5. The monoisotopic (exact) mass is 925 g/mol. The van der Waals surface area contributed by atoms with E-state index in [0.29, 0.717) is 0 Å². The summed E-state index contributed by atoms with van der Waals surface area (Å²) < 4.78 is 22.2. The highest BCUT2D eigenvalue weighted by molar-refractivity contribution is 6.35. The van der Waals surface area contributed by atoms with Crippen LogP contribution in [-0.4, -0.2) is 54.9 Å². The van der Waals surface area contributed by atoms with Gasteiger partial charge in [0.05, 0.1) is 0 Å². The zero-order valence-corrected chi connectivity index (χ0v) is 41.8. The average molecular weight is 925 g/mol. The highest BCUT2D eigenvalue weighted by Crippen LogP contribution is 2.59. The van der Waals surface area contributed by atoms with Crippen molar-refractivity contribution in [2.24, 2.45) is 0 Å². The molecule has 2 aliphatic carbocycles. The zero-order valence-electron chi connectivity index (χ0n) is 41.8. The van der Waals surface area contributed by atoms with Crippen LogP contribution < -0.4 is 0 Å². The van der Waals surface area contributed by atoms with E-state index in [2.05, 4.69) is 146 Å². The third-order valence-electron chi connectivity index (χ3n) is 16.6. The smallest absolute Gasteiger partial charge is 0.0462 e. The lowest BCUT2D eigenvalue weighted by Crippen LogP contribution is -2.25. The average Bonchev–Trinajstić information content (AvgIpc) is 3.85. The molecule has 0 aromatic heterocycles.